The van der Waals surface area contributed by atoms with Gasteiger partial charge >= 0.3 is 0 Å². The highest BCUT2D eigenvalue weighted by atomic mass is 15.2. The lowest BCUT2D eigenvalue weighted by molar-refractivity contribution is 0.378. The Morgan fingerprint density at radius 3 is 3.00 bits per heavy atom. The zero-order valence-corrected chi connectivity index (χ0v) is 8.43. The Morgan fingerprint density at radius 1 is 1.50 bits per heavy atom. The van der Waals surface area contributed by atoms with Crippen LogP contribution in [0.2, 0.25) is 0 Å². The minimum atomic E-state index is 0.255. The molecule has 0 spiro atoms. The maximum Gasteiger partial charge on any atom is 0.147 e. The molecule has 2 unspecified atom stereocenters. The monoisotopic (exact) mass is 192 g/mol. The van der Waals surface area contributed by atoms with E-state index in [1.165, 1.54) is 0 Å². The maximum absolute atomic E-state index is 6.02. The summed E-state index contributed by atoms with van der Waals surface area (Å²) in [6.45, 7) is 4.13. The number of anilines is 1. The first-order valence-corrected chi connectivity index (χ1v) is 5.04. The summed E-state index contributed by atoms with van der Waals surface area (Å²) < 4.78 is 0. The summed E-state index contributed by atoms with van der Waals surface area (Å²) in [5.41, 5.74) is 6.02. The number of nitrogens with zero attached hydrogens (tertiary/aromatic N) is 3. The van der Waals surface area contributed by atoms with Gasteiger partial charge in [0.1, 0.15) is 5.82 Å². The predicted molar refractivity (Wildman–Crippen MR) is 56.0 cm³/mol. The lowest BCUT2D eigenvalue weighted by Crippen LogP contribution is -2.47. The zero-order valence-electron chi connectivity index (χ0n) is 8.43. The van der Waals surface area contributed by atoms with Crippen molar-refractivity contribution in [1.82, 2.24) is 9.97 Å². The topological polar surface area (TPSA) is 55.0 Å². The van der Waals surface area contributed by atoms with Gasteiger partial charge in [-0.25, -0.2) is 4.98 Å². The Kier molecular flexibility index (Phi) is 2.63. The van der Waals surface area contributed by atoms with Crippen LogP contribution >= 0.6 is 0 Å². The summed E-state index contributed by atoms with van der Waals surface area (Å²) in [5.74, 6) is 1.55. The molecule has 1 saturated heterocycles. The molecule has 0 aliphatic carbocycles. The lowest BCUT2D eigenvalue weighted by atomic mass is 9.94. The molecule has 1 aliphatic rings. The molecular weight excluding hydrogens is 176 g/mol. The first-order chi connectivity index (χ1) is 6.77. The molecule has 4 nitrogen and oxygen atoms in total. The molecule has 1 aromatic rings. The molecule has 1 aromatic heterocycles. The maximum atomic E-state index is 6.02. The lowest BCUT2D eigenvalue weighted by Gasteiger charge is -2.35. The molecule has 0 amide bonds. The van der Waals surface area contributed by atoms with Gasteiger partial charge in [-0.05, 0) is 12.3 Å². The molecule has 0 aromatic carbocycles. The van der Waals surface area contributed by atoms with E-state index in [1.807, 2.05) is 0 Å². The second-order valence-electron chi connectivity index (χ2n) is 3.94. The van der Waals surface area contributed by atoms with Crippen LogP contribution < -0.4 is 10.6 Å². The van der Waals surface area contributed by atoms with E-state index in [9.17, 15) is 0 Å². The SMILES string of the molecule is CC1CCN(c2cnccn2)CC1N. The first-order valence-electron chi connectivity index (χ1n) is 5.04. The highest BCUT2D eigenvalue weighted by molar-refractivity contribution is 5.36. The van der Waals surface area contributed by atoms with Gasteiger partial charge in [-0.2, -0.15) is 0 Å². The summed E-state index contributed by atoms with van der Waals surface area (Å²) in [7, 11) is 0. The van der Waals surface area contributed by atoms with Crippen molar-refractivity contribution in [3.05, 3.63) is 18.6 Å². The van der Waals surface area contributed by atoms with Crippen LogP contribution in [-0.2, 0) is 0 Å². The van der Waals surface area contributed by atoms with Crippen molar-refractivity contribution < 1.29 is 0 Å². The summed E-state index contributed by atoms with van der Waals surface area (Å²) in [4.78, 5) is 10.5. The predicted octanol–water partition coefficient (Wildman–Crippen LogP) is 0.650. The molecule has 1 aliphatic heterocycles. The standard InChI is InChI=1S/C10H16N4/c1-8-2-5-14(7-9(8)11)10-6-12-3-4-13-10/h3-4,6,8-9H,2,5,7,11H2,1H3. The van der Waals surface area contributed by atoms with Crippen LogP contribution in [0.3, 0.4) is 0 Å². The van der Waals surface area contributed by atoms with Crippen molar-refractivity contribution in [2.45, 2.75) is 19.4 Å². The van der Waals surface area contributed by atoms with E-state index in [1.54, 1.807) is 18.6 Å². The molecule has 14 heavy (non-hydrogen) atoms. The Labute approximate surface area is 84.2 Å². The van der Waals surface area contributed by atoms with Gasteiger partial charge in [0.15, 0.2) is 0 Å². The van der Waals surface area contributed by atoms with Gasteiger partial charge in [-0.3, -0.25) is 4.98 Å². The van der Waals surface area contributed by atoms with E-state index >= 15 is 0 Å². The summed E-state index contributed by atoms with van der Waals surface area (Å²) >= 11 is 0. The average Bonchev–Trinajstić information content (AvgIpc) is 2.23. The molecule has 1 fully saturated rings. The van der Waals surface area contributed by atoms with Crippen LogP contribution in [0, 0.1) is 5.92 Å². The van der Waals surface area contributed by atoms with Crippen molar-refractivity contribution >= 4 is 5.82 Å². The molecule has 4 heteroatoms. The van der Waals surface area contributed by atoms with Gasteiger partial charge in [-0.1, -0.05) is 6.92 Å². The number of aromatic nitrogens is 2. The van der Waals surface area contributed by atoms with Gasteiger partial charge in [0.25, 0.3) is 0 Å². The quantitative estimate of drug-likeness (QED) is 0.710. The summed E-state index contributed by atoms with van der Waals surface area (Å²) in [6, 6.07) is 0.255. The molecule has 2 N–H and O–H groups in total. The fourth-order valence-corrected chi connectivity index (χ4v) is 1.76. The van der Waals surface area contributed by atoms with Gasteiger partial charge in [0.05, 0.1) is 6.20 Å². The minimum Gasteiger partial charge on any atom is -0.354 e. The largest absolute Gasteiger partial charge is 0.354 e. The molecule has 76 valence electrons. The van der Waals surface area contributed by atoms with Gasteiger partial charge in [-0.15, -0.1) is 0 Å². The molecule has 0 radical (unpaired) electrons. The fraction of sp³-hybridized carbons (Fsp3) is 0.600. The molecule has 0 bridgehead atoms. The highest BCUT2D eigenvalue weighted by Crippen LogP contribution is 2.19. The van der Waals surface area contributed by atoms with Crippen molar-refractivity contribution in [2.24, 2.45) is 11.7 Å². The minimum absolute atomic E-state index is 0.255. The van der Waals surface area contributed by atoms with Gasteiger partial charge in [0, 0.05) is 31.5 Å². The smallest absolute Gasteiger partial charge is 0.147 e. The van der Waals surface area contributed by atoms with Gasteiger partial charge in [0.2, 0.25) is 0 Å². The van der Waals surface area contributed by atoms with Crippen LogP contribution in [0.15, 0.2) is 18.6 Å². The van der Waals surface area contributed by atoms with Crippen LogP contribution in [0.4, 0.5) is 5.82 Å². The molecule has 2 heterocycles. The van der Waals surface area contributed by atoms with Crippen LogP contribution in [-0.4, -0.2) is 29.1 Å². The van der Waals surface area contributed by atoms with E-state index in [0.717, 1.165) is 25.3 Å². The zero-order chi connectivity index (χ0) is 9.97. The van der Waals surface area contributed by atoms with Crippen molar-refractivity contribution in [2.75, 3.05) is 18.0 Å². The number of hydrogen-bond donors (Lipinski definition) is 1. The second-order valence-corrected chi connectivity index (χ2v) is 3.94. The summed E-state index contributed by atoms with van der Waals surface area (Å²) in [6.07, 6.45) is 6.34. The van der Waals surface area contributed by atoms with E-state index < -0.39 is 0 Å². The highest BCUT2D eigenvalue weighted by Gasteiger charge is 2.23. The van der Waals surface area contributed by atoms with Crippen LogP contribution in [0.1, 0.15) is 13.3 Å². The number of hydrogen-bond acceptors (Lipinski definition) is 4. The fourth-order valence-electron chi connectivity index (χ4n) is 1.76. The number of piperidine rings is 1. The van der Waals surface area contributed by atoms with Crippen molar-refractivity contribution in [3.63, 3.8) is 0 Å². The molecule has 2 atom stereocenters. The van der Waals surface area contributed by atoms with Crippen molar-refractivity contribution in [3.8, 4) is 0 Å². The third-order valence-electron chi connectivity index (χ3n) is 2.89. The number of nitrogens with two attached hydrogens (primary N) is 1. The Hall–Kier alpha value is -1.16. The average molecular weight is 192 g/mol. The molecule has 2 rings (SSSR count). The van der Waals surface area contributed by atoms with E-state index in [0.29, 0.717) is 5.92 Å². The van der Waals surface area contributed by atoms with Crippen LogP contribution in [0.25, 0.3) is 0 Å². The van der Waals surface area contributed by atoms with Crippen LogP contribution in [0.5, 0.6) is 0 Å². The first kappa shape index (κ1) is 9.40. The number of rotatable bonds is 1. The van der Waals surface area contributed by atoms with Gasteiger partial charge < -0.3 is 10.6 Å². The van der Waals surface area contributed by atoms with E-state index in [-0.39, 0.29) is 6.04 Å². The third kappa shape index (κ3) is 1.85. The van der Waals surface area contributed by atoms with Crippen molar-refractivity contribution in [1.29, 1.82) is 0 Å². The molecular formula is C10H16N4. The van der Waals surface area contributed by atoms with E-state index in [4.69, 9.17) is 5.73 Å². The third-order valence-corrected chi connectivity index (χ3v) is 2.89. The Morgan fingerprint density at radius 2 is 2.36 bits per heavy atom. The van der Waals surface area contributed by atoms with E-state index in [2.05, 4.69) is 21.8 Å². The summed E-state index contributed by atoms with van der Waals surface area (Å²) in [5, 5.41) is 0. The second kappa shape index (κ2) is 3.92. The normalized spacial score (nSPS) is 27.7. The Balaban J connectivity index is 2.07. The molecule has 0 saturated carbocycles. The Bertz CT molecular complexity index is 287.